The monoisotopic (exact) mass is 247 g/mol. The van der Waals surface area contributed by atoms with Crippen LogP contribution in [0.5, 0.6) is 5.75 Å². The third-order valence-corrected chi connectivity index (χ3v) is 3.43. The second-order valence-corrected chi connectivity index (χ2v) is 5.70. The van der Waals surface area contributed by atoms with Gasteiger partial charge in [0.1, 0.15) is 12.4 Å². The molecule has 1 fully saturated rings. The summed E-state index contributed by atoms with van der Waals surface area (Å²) in [5.41, 5.74) is 1.40. The molecular weight excluding hydrogens is 222 g/mol. The summed E-state index contributed by atoms with van der Waals surface area (Å²) in [7, 11) is 0. The first kappa shape index (κ1) is 13.4. The zero-order chi connectivity index (χ0) is 12.8. The lowest BCUT2D eigenvalue weighted by Crippen LogP contribution is -2.38. The van der Waals surface area contributed by atoms with Crippen LogP contribution in [0.4, 0.5) is 0 Å². The van der Waals surface area contributed by atoms with Crippen LogP contribution >= 0.6 is 0 Å². The Balaban J connectivity index is 1.78. The summed E-state index contributed by atoms with van der Waals surface area (Å²) < 4.78 is 5.84. The molecule has 0 aliphatic carbocycles. The fraction of sp³-hybridized carbons (Fsp3) is 0.625. The number of rotatable bonds is 5. The molecule has 0 bridgehead atoms. The maximum atomic E-state index is 5.84. The number of hydrogen-bond donors (Lipinski definition) is 1. The van der Waals surface area contributed by atoms with Crippen LogP contribution in [0, 0.1) is 5.92 Å². The predicted molar refractivity (Wildman–Crippen MR) is 76.1 cm³/mol. The van der Waals surface area contributed by atoms with E-state index in [-0.39, 0.29) is 0 Å². The highest BCUT2D eigenvalue weighted by atomic mass is 16.5. The molecule has 1 aromatic rings. The molecule has 1 saturated heterocycles. The van der Waals surface area contributed by atoms with E-state index in [0.29, 0.717) is 12.0 Å². The molecule has 100 valence electrons. The van der Waals surface area contributed by atoms with Crippen LogP contribution in [-0.4, -0.2) is 19.2 Å². The summed E-state index contributed by atoms with van der Waals surface area (Å²) in [5, 5.41) is 3.50. The maximum absolute atomic E-state index is 5.84. The van der Waals surface area contributed by atoms with Gasteiger partial charge >= 0.3 is 0 Å². The topological polar surface area (TPSA) is 21.3 Å². The van der Waals surface area contributed by atoms with E-state index in [9.17, 15) is 0 Å². The Kier molecular flexibility index (Phi) is 5.06. The summed E-state index contributed by atoms with van der Waals surface area (Å²) in [6.07, 6.45) is 5.02. The third-order valence-electron chi connectivity index (χ3n) is 3.43. The van der Waals surface area contributed by atoms with Crippen LogP contribution in [-0.2, 0) is 6.42 Å². The Labute approximate surface area is 111 Å². The Hall–Kier alpha value is -1.02. The van der Waals surface area contributed by atoms with E-state index in [0.717, 1.165) is 25.3 Å². The van der Waals surface area contributed by atoms with Crippen LogP contribution in [0.1, 0.15) is 38.7 Å². The minimum atomic E-state index is 0.536. The minimum Gasteiger partial charge on any atom is -0.492 e. The SMILES string of the molecule is CC(C)Cc1ccc(OCC2CCCCN2)cc1. The molecule has 1 aromatic carbocycles. The van der Waals surface area contributed by atoms with Crippen LogP contribution in [0.25, 0.3) is 0 Å². The zero-order valence-electron chi connectivity index (χ0n) is 11.6. The van der Waals surface area contributed by atoms with E-state index in [4.69, 9.17) is 4.74 Å². The molecule has 1 heterocycles. The molecule has 2 nitrogen and oxygen atoms in total. The van der Waals surface area contributed by atoms with Crippen molar-refractivity contribution in [2.45, 2.75) is 45.6 Å². The molecule has 0 aromatic heterocycles. The van der Waals surface area contributed by atoms with Crippen molar-refractivity contribution in [3.63, 3.8) is 0 Å². The van der Waals surface area contributed by atoms with E-state index in [1.807, 2.05) is 0 Å². The number of piperidine rings is 1. The number of hydrogen-bond acceptors (Lipinski definition) is 2. The second-order valence-electron chi connectivity index (χ2n) is 5.70. The number of ether oxygens (including phenoxy) is 1. The average Bonchev–Trinajstić information content (AvgIpc) is 2.38. The van der Waals surface area contributed by atoms with Crippen molar-refractivity contribution in [2.24, 2.45) is 5.92 Å². The highest BCUT2D eigenvalue weighted by molar-refractivity contribution is 5.27. The predicted octanol–water partition coefficient (Wildman–Crippen LogP) is 3.41. The molecular formula is C16H25NO. The van der Waals surface area contributed by atoms with E-state index >= 15 is 0 Å². The Bertz CT molecular complexity index is 339. The van der Waals surface area contributed by atoms with Gasteiger partial charge in [-0.05, 0) is 49.4 Å². The average molecular weight is 247 g/mol. The normalized spacial score (nSPS) is 20.1. The summed E-state index contributed by atoms with van der Waals surface area (Å²) in [6.45, 7) is 6.43. The molecule has 2 heteroatoms. The van der Waals surface area contributed by atoms with E-state index < -0.39 is 0 Å². The van der Waals surface area contributed by atoms with Crippen molar-refractivity contribution in [1.82, 2.24) is 5.32 Å². The molecule has 18 heavy (non-hydrogen) atoms. The van der Waals surface area contributed by atoms with Crippen LogP contribution in [0.15, 0.2) is 24.3 Å². The summed E-state index contributed by atoms with van der Waals surface area (Å²) in [5.74, 6) is 1.71. The van der Waals surface area contributed by atoms with Gasteiger partial charge < -0.3 is 10.1 Å². The van der Waals surface area contributed by atoms with Gasteiger partial charge in [-0.25, -0.2) is 0 Å². The standard InChI is InChI=1S/C16H25NO/c1-13(2)11-14-6-8-16(9-7-14)18-12-15-5-3-4-10-17-15/h6-9,13,15,17H,3-5,10-12H2,1-2H3. The zero-order valence-corrected chi connectivity index (χ0v) is 11.6. The van der Waals surface area contributed by atoms with E-state index in [1.165, 1.54) is 24.8 Å². The molecule has 1 N–H and O–H groups in total. The first-order valence-electron chi connectivity index (χ1n) is 7.19. The Morgan fingerprint density at radius 3 is 2.61 bits per heavy atom. The fourth-order valence-electron chi connectivity index (χ4n) is 2.46. The van der Waals surface area contributed by atoms with Crippen LogP contribution in [0.3, 0.4) is 0 Å². The Morgan fingerprint density at radius 2 is 2.00 bits per heavy atom. The molecule has 0 radical (unpaired) electrons. The van der Waals surface area contributed by atoms with Gasteiger partial charge in [-0.1, -0.05) is 32.4 Å². The molecule has 2 rings (SSSR count). The molecule has 1 aliphatic heterocycles. The van der Waals surface area contributed by atoms with Crippen molar-refractivity contribution < 1.29 is 4.74 Å². The summed E-state index contributed by atoms with van der Waals surface area (Å²) in [4.78, 5) is 0. The molecule has 0 amide bonds. The number of nitrogens with one attached hydrogen (secondary N) is 1. The highest BCUT2D eigenvalue weighted by Gasteiger charge is 2.12. The smallest absolute Gasteiger partial charge is 0.119 e. The van der Waals surface area contributed by atoms with Crippen molar-refractivity contribution in [2.75, 3.05) is 13.2 Å². The van der Waals surface area contributed by atoms with Crippen molar-refractivity contribution >= 4 is 0 Å². The lowest BCUT2D eigenvalue weighted by atomic mass is 10.0. The minimum absolute atomic E-state index is 0.536. The number of benzene rings is 1. The molecule has 1 atom stereocenters. The van der Waals surface area contributed by atoms with Crippen molar-refractivity contribution in [3.05, 3.63) is 29.8 Å². The lowest BCUT2D eigenvalue weighted by molar-refractivity contribution is 0.239. The van der Waals surface area contributed by atoms with Gasteiger partial charge in [0.25, 0.3) is 0 Å². The second kappa shape index (κ2) is 6.79. The van der Waals surface area contributed by atoms with Crippen molar-refractivity contribution in [3.8, 4) is 5.75 Å². The van der Waals surface area contributed by atoms with Gasteiger partial charge in [0.2, 0.25) is 0 Å². The maximum Gasteiger partial charge on any atom is 0.119 e. The van der Waals surface area contributed by atoms with Gasteiger partial charge in [0.05, 0.1) is 0 Å². The quantitative estimate of drug-likeness (QED) is 0.861. The third kappa shape index (κ3) is 4.34. The molecule has 0 saturated carbocycles. The largest absolute Gasteiger partial charge is 0.492 e. The van der Waals surface area contributed by atoms with E-state index in [1.54, 1.807) is 0 Å². The van der Waals surface area contributed by atoms with E-state index in [2.05, 4.69) is 43.4 Å². The van der Waals surface area contributed by atoms with Gasteiger partial charge in [-0.2, -0.15) is 0 Å². The Morgan fingerprint density at radius 1 is 1.22 bits per heavy atom. The molecule has 0 spiro atoms. The van der Waals surface area contributed by atoms with Gasteiger partial charge in [0.15, 0.2) is 0 Å². The van der Waals surface area contributed by atoms with Crippen molar-refractivity contribution in [1.29, 1.82) is 0 Å². The van der Waals surface area contributed by atoms with Gasteiger partial charge in [-0.3, -0.25) is 0 Å². The van der Waals surface area contributed by atoms with Gasteiger partial charge in [-0.15, -0.1) is 0 Å². The van der Waals surface area contributed by atoms with Crippen LogP contribution in [0.2, 0.25) is 0 Å². The summed E-state index contributed by atoms with van der Waals surface area (Å²) >= 11 is 0. The molecule has 1 aliphatic rings. The first-order chi connectivity index (χ1) is 8.74. The van der Waals surface area contributed by atoms with Crippen LogP contribution < -0.4 is 10.1 Å². The first-order valence-corrected chi connectivity index (χ1v) is 7.19. The summed E-state index contributed by atoms with van der Waals surface area (Å²) in [6, 6.07) is 9.10. The highest BCUT2D eigenvalue weighted by Crippen LogP contribution is 2.16. The molecule has 1 unspecified atom stereocenters. The van der Waals surface area contributed by atoms with Gasteiger partial charge in [0, 0.05) is 6.04 Å². The lowest BCUT2D eigenvalue weighted by Gasteiger charge is -2.23. The fourth-order valence-corrected chi connectivity index (χ4v) is 2.46.